The Morgan fingerprint density at radius 2 is 2.04 bits per heavy atom. The maximum Gasteiger partial charge on any atom is 0.341 e. The van der Waals surface area contributed by atoms with Gasteiger partial charge in [0.15, 0.2) is 0 Å². The predicted octanol–water partition coefficient (Wildman–Crippen LogP) is 4.31. The molecule has 0 aliphatic heterocycles. The molecule has 0 spiro atoms. The summed E-state index contributed by atoms with van der Waals surface area (Å²) in [4.78, 5) is 16.3. The fourth-order valence-corrected chi connectivity index (χ4v) is 2.91. The van der Waals surface area contributed by atoms with Gasteiger partial charge in [0, 0.05) is 10.9 Å². The highest BCUT2D eigenvalue weighted by Crippen LogP contribution is 2.27. The molecular formula is C18H14FNO3S. The molecule has 4 nitrogen and oxygen atoms in total. The zero-order valence-corrected chi connectivity index (χ0v) is 13.7. The average Bonchev–Trinajstić information content (AvgIpc) is 3.09. The minimum absolute atomic E-state index is 0.00631. The third-order valence-corrected chi connectivity index (χ3v) is 4.25. The average molecular weight is 343 g/mol. The molecule has 0 N–H and O–H groups in total. The highest BCUT2D eigenvalue weighted by molar-refractivity contribution is 7.13. The van der Waals surface area contributed by atoms with Gasteiger partial charge in [-0.1, -0.05) is 24.3 Å². The lowest BCUT2D eigenvalue weighted by atomic mass is 10.2. The fourth-order valence-electron chi connectivity index (χ4n) is 2.11. The van der Waals surface area contributed by atoms with Gasteiger partial charge >= 0.3 is 5.97 Å². The van der Waals surface area contributed by atoms with Crippen molar-refractivity contribution in [1.29, 1.82) is 0 Å². The number of hydrogen-bond donors (Lipinski definition) is 0. The van der Waals surface area contributed by atoms with Crippen LogP contribution in [-0.4, -0.2) is 18.1 Å². The van der Waals surface area contributed by atoms with Crippen LogP contribution in [0.2, 0.25) is 0 Å². The highest BCUT2D eigenvalue weighted by atomic mass is 32.1. The smallest absolute Gasteiger partial charge is 0.341 e. The second kappa shape index (κ2) is 7.23. The normalized spacial score (nSPS) is 10.4. The molecule has 0 bridgehead atoms. The Labute approximate surface area is 142 Å². The fraction of sp³-hybridized carbons (Fsp3) is 0.111. The van der Waals surface area contributed by atoms with Gasteiger partial charge in [0.2, 0.25) is 0 Å². The van der Waals surface area contributed by atoms with E-state index in [-0.39, 0.29) is 12.2 Å². The van der Waals surface area contributed by atoms with E-state index in [0.29, 0.717) is 5.69 Å². The van der Waals surface area contributed by atoms with Gasteiger partial charge in [0.25, 0.3) is 0 Å². The Balaban J connectivity index is 1.68. The van der Waals surface area contributed by atoms with Crippen molar-refractivity contribution in [1.82, 2.24) is 4.98 Å². The van der Waals surface area contributed by atoms with Crippen LogP contribution in [0.25, 0.3) is 10.6 Å². The summed E-state index contributed by atoms with van der Waals surface area (Å²) >= 11 is 1.44. The molecule has 122 valence electrons. The Bertz CT molecular complexity index is 863. The van der Waals surface area contributed by atoms with Crippen LogP contribution < -0.4 is 4.74 Å². The first-order valence-electron chi connectivity index (χ1n) is 7.18. The van der Waals surface area contributed by atoms with Gasteiger partial charge in [-0.3, -0.25) is 0 Å². The monoisotopic (exact) mass is 343 g/mol. The Kier molecular flexibility index (Phi) is 4.86. The molecule has 1 heterocycles. The highest BCUT2D eigenvalue weighted by Gasteiger charge is 2.13. The Hall–Kier alpha value is -2.73. The van der Waals surface area contributed by atoms with E-state index in [2.05, 4.69) is 4.98 Å². The van der Waals surface area contributed by atoms with E-state index in [0.717, 1.165) is 16.3 Å². The first-order valence-corrected chi connectivity index (χ1v) is 8.06. The van der Waals surface area contributed by atoms with Crippen molar-refractivity contribution < 1.29 is 18.7 Å². The van der Waals surface area contributed by atoms with Gasteiger partial charge in [-0.15, -0.1) is 11.3 Å². The summed E-state index contributed by atoms with van der Waals surface area (Å²) in [5.74, 6) is -0.558. The first-order chi connectivity index (χ1) is 11.7. The molecule has 0 amide bonds. The molecular weight excluding hydrogens is 329 g/mol. The molecule has 6 heteroatoms. The van der Waals surface area contributed by atoms with E-state index in [1.54, 1.807) is 13.2 Å². The van der Waals surface area contributed by atoms with E-state index in [9.17, 15) is 9.18 Å². The lowest BCUT2D eigenvalue weighted by Crippen LogP contribution is -2.07. The number of benzene rings is 2. The van der Waals surface area contributed by atoms with Crippen LogP contribution in [0.4, 0.5) is 4.39 Å². The molecule has 3 aromatic rings. The van der Waals surface area contributed by atoms with E-state index >= 15 is 0 Å². The summed E-state index contributed by atoms with van der Waals surface area (Å²) < 4.78 is 23.9. The number of halogens is 1. The summed E-state index contributed by atoms with van der Waals surface area (Å²) in [7, 11) is 1.61. The summed E-state index contributed by atoms with van der Waals surface area (Å²) in [5.41, 5.74) is 1.45. The third kappa shape index (κ3) is 3.60. The van der Waals surface area contributed by atoms with Crippen molar-refractivity contribution in [2.24, 2.45) is 0 Å². The lowest BCUT2D eigenvalue weighted by molar-refractivity contribution is 0.0463. The van der Waals surface area contributed by atoms with Gasteiger partial charge in [-0.05, 0) is 24.3 Å². The van der Waals surface area contributed by atoms with Crippen LogP contribution in [-0.2, 0) is 11.3 Å². The third-order valence-electron chi connectivity index (χ3n) is 3.31. The lowest BCUT2D eigenvalue weighted by Gasteiger charge is -2.04. The molecule has 0 aliphatic rings. The second-order valence-corrected chi connectivity index (χ2v) is 5.79. The van der Waals surface area contributed by atoms with Crippen molar-refractivity contribution in [2.75, 3.05) is 7.11 Å². The van der Waals surface area contributed by atoms with Crippen molar-refractivity contribution in [2.45, 2.75) is 6.61 Å². The van der Waals surface area contributed by atoms with Crippen molar-refractivity contribution in [3.05, 3.63) is 71.0 Å². The Morgan fingerprint density at radius 1 is 1.21 bits per heavy atom. The topological polar surface area (TPSA) is 48.4 Å². The predicted molar refractivity (Wildman–Crippen MR) is 89.6 cm³/mol. The number of rotatable bonds is 5. The first kappa shape index (κ1) is 16.1. The number of carbonyl (C=O) groups is 1. The molecule has 0 fully saturated rings. The van der Waals surface area contributed by atoms with Crippen molar-refractivity contribution in [3.8, 4) is 16.3 Å². The summed E-state index contributed by atoms with van der Waals surface area (Å²) in [6, 6.07) is 13.3. The second-order valence-electron chi connectivity index (χ2n) is 4.93. The molecule has 0 unspecified atom stereocenters. The van der Waals surface area contributed by atoms with Gasteiger partial charge in [0.1, 0.15) is 23.2 Å². The standard InChI is InChI=1S/C18H14FNO3S/c1-22-14-6-4-5-12(9-14)17-20-13(11-24-17)10-23-18(21)15-7-2-3-8-16(15)19/h2-9,11H,10H2,1H3. The van der Waals surface area contributed by atoms with Crippen molar-refractivity contribution >= 4 is 17.3 Å². The molecule has 2 aromatic carbocycles. The number of hydrogen-bond acceptors (Lipinski definition) is 5. The number of aromatic nitrogens is 1. The molecule has 0 saturated heterocycles. The van der Waals surface area contributed by atoms with Gasteiger partial charge in [0.05, 0.1) is 18.4 Å². The van der Waals surface area contributed by atoms with Gasteiger partial charge < -0.3 is 9.47 Å². The number of ether oxygens (including phenoxy) is 2. The van der Waals surface area contributed by atoms with Crippen LogP contribution in [0.5, 0.6) is 5.75 Å². The molecule has 24 heavy (non-hydrogen) atoms. The largest absolute Gasteiger partial charge is 0.497 e. The molecule has 1 aromatic heterocycles. The van der Waals surface area contributed by atoms with E-state index < -0.39 is 11.8 Å². The number of esters is 1. The number of carbonyl (C=O) groups excluding carboxylic acids is 1. The Morgan fingerprint density at radius 3 is 2.83 bits per heavy atom. The minimum Gasteiger partial charge on any atom is -0.497 e. The van der Waals surface area contributed by atoms with Crippen LogP contribution in [0.1, 0.15) is 16.1 Å². The minimum atomic E-state index is -0.705. The van der Waals surface area contributed by atoms with Crippen LogP contribution in [0.3, 0.4) is 0 Å². The van der Waals surface area contributed by atoms with E-state index in [1.165, 1.54) is 29.5 Å². The van der Waals surface area contributed by atoms with Crippen molar-refractivity contribution in [3.63, 3.8) is 0 Å². The van der Waals surface area contributed by atoms with Crippen LogP contribution in [0, 0.1) is 5.82 Å². The van der Waals surface area contributed by atoms with Crippen LogP contribution >= 0.6 is 11.3 Å². The molecule has 0 atom stereocenters. The van der Waals surface area contributed by atoms with Gasteiger partial charge in [-0.25, -0.2) is 14.2 Å². The zero-order valence-electron chi connectivity index (χ0n) is 12.9. The summed E-state index contributed by atoms with van der Waals surface area (Å²) in [6.07, 6.45) is 0. The maximum atomic E-state index is 13.5. The number of thiazole rings is 1. The molecule has 0 saturated carbocycles. The molecule has 0 aliphatic carbocycles. The molecule has 0 radical (unpaired) electrons. The van der Waals surface area contributed by atoms with Gasteiger partial charge in [-0.2, -0.15) is 0 Å². The number of methoxy groups -OCH3 is 1. The van der Waals surface area contributed by atoms with Crippen LogP contribution in [0.15, 0.2) is 53.9 Å². The quantitative estimate of drug-likeness (QED) is 0.648. The van der Waals surface area contributed by atoms with E-state index in [4.69, 9.17) is 9.47 Å². The SMILES string of the molecule is COc1cccc(-c2nc(COC(=O)c3ccccc3F)cs2)c1. The molecule has 3 rings (SSSR count). The zero-order chi connectivity index (χ0) is 16.9. The summed E-state index contributed by atoms with van der Waals surface area (Å²) in [5, 5.41) is 2.61. The summed E-state index contributed by atoms with van der Waals surface area (Å²) in [6.45, 7) is -0.00631. The van der Waals surface area contributed by atoms with E-state index in [1.807, 2.05) is 29.6 Å². The maximum absolute atomic E-state index is 13.5. The number of nitrogens with zero attached hydrogens (tertiary/aromatic N) is 1.